The minimum absolute atomic E-state index is 0.141. The fraction of sp³-hybridized carbons (Fsp3) is 0.667. The van der Waals surface area contributed by atoms with E-state index in [4.69, 9.17) is 14.2 Å². The molecule has 0 bridgehead atoms. The lowest BCUT2D eigenvalue weighted by molar-refractivity contribution is -0.132. The molecule has 0 aromatic heterocycles. The van der Waals surface area contributed by atoms with Crippen LogP contribution in [0.15, 0.2) is 11.6 Å². The van der Waals surface area contributed by atoms with Gasteiger partial charge in [-0.15, -0.1) is 0 Å². The van der Waals surface area contributed by atoms with Gasteiger partial charge in [0.2, 0.25) is 0 Å². The quantitative estimate of drug-likeness (QED) is 0.450. The Morgan fingerprint density at radius 3 is 1.74 bits per heavy atom. The van der Waals surface area contributed by atoms with Crippen LogP contribution in [0.3, 0.4) is 0 Å². The van der Waals surface area contributed by atoms with E-state index in [9.17, 15) is 21.6 Å². The standard InChI is InChI=1S/C9H16O8S2/c1-3-6(18(12,13)14)5-7(9(10)11)8(4-2)19(15,16)17/h5-6,8H,3-4H2,1-2H3,(H,10,11)(H,12,13,14)(H,15,16,17). The molecule has 8 nitrogen and oxygen atoms in total. The SMILES string of the molecule is CCC(C=C(C(=O)O)C(CC)S(=O)(=O)O)S(=O)(=O)O. The van der Waals surface area contributed by atoms with Crippen LogP contribution in [0.2, 0.25) is 0 Å². The van der Waals surface area contributed by atoms with Crippen LogP contribution in [0, 0.1) is 0 Å². The van der Waals surface area contributed by atoms with Crippen molar-refractivity contribution in [2.45, 2.75) is 37.2 Å². The molecule has 0 aromatic carbocycles. The van der Waals surface area contributed by atoms with Crippen molar-refractivity contribution in [2.24, 2.45) is 0 Å². The van der Waals surface area contributed by atoms with Gasteiger partial charge in [-0.1, -0.05) is 19.9 Å². The summed E-state index contributed by atoms with van der Waals surface area (Å²) in [5.41, 5.74) is -0.783. The summed E-state index contributed by atoms with van der Waals surface area (Å²) in [5.74, 6) is -1.67. The van der Waals surface area contributed by atoms with Crippen molar-refractivity contribution in [3.63, 3.8) is 0 Å². The molecule has 0 aromatic rings. The lowest BCUT2D eigenvalue weighted by Crippen LogP contribution is -2.29. The van der Waals surface area contributed by atoms with Crippen molar-refractivity contribution in [1.82, 2.24) is 0 Å². The van der Waals surface area contributed by atoms with Crippen LogP contribution in [0.4, 0.5) is 0 Å². The fourth-order valence-electron chi connectivity index (χ4n) is 1.52. The van der Waals surface area contributed by atoms with Gasteiger partial charge in [-0.3, -0.25) is 9.11 Å². The van der Waals surface area contributed by atoms with Gasteiger partial charge in [0, 0.05) is 0 Å². The van der Waals surface area contributed by atoms with Gasteiger partial charge >= 0.3 is 5.97 Å². The van der Waals surface area contributed by atoms with Crippen LogP contribution in [-0.4, -0.2) is 47.5 Å². The minimum atomic E-state index is -4.68. The maximum atomic E-state index is 11.1. The number of aliphatic carboxylic acids is 1. The first kappa shape index (κ1) is 18.0. The third kappa shape index (κ3) is 5.27. The maximum Gasteiger partial charge on any atom is 0.332 e. The maximum absolute atomic E-state index is 11.1. The second-order valence-corrected chi connectivity index (χ2v) is 7.04. The Hall–Kier alpha value is -0.970. The van der Waals surface area contributed by atoms with Crippen molar-refractivity contribution in [2.75, 3.05) is 0 Å². The molecule has 0 aliphatic carbocycles. The Morgan fingerprint density at radius 1 is 1.05 bits per heavy atom. The predicted octanol–water partition coefficient (Wildman–Crippen LogP) is 0.330. The second-order valence-electron chi connectivity index (χ2n) is 3.80. The first-order chi connectivity index (χ1) is 8.45. The van der Waals surface area contributed by atoms with E-state index < -0.39 is 42.3 Å². The van der Waals surface area contributed by atoms with E-state index >= 15 is 0 Å². The first-order valence-electron chi connectivity index (χ1n) is 5.32. The second kappa shape index (κ2) is 6.46. The molecular weight excluding hydrogens is 300 g/mol. The Bertz CT molecular complexity index is 557. The molecule has 0 fully saturated rings. The zero-order valence-corrected chi connectivity index (χ0v) is 12.0. The van der Waals surface area contributed by atoms with Crippen LogP contribution in [-0.2, 0) is 25.0 Å². The van der Waals surface area contributed by atoms with E-state index in [1.807, 2.05) is 0 Å². The van der Waals surface area contributed by atoms with E-state index in [1.54, 1.807) is 0 Å². The van der Waals surface area contributed by atoms with E-state index in [0.29, 0.717) is 6.08 Å². The molecule has 10 heteroatoms. The highest BCUT2D eigenvalue weighted by Crippen LogP contribution is 2.19. The lowest BCUT2D eigenvalue weighted by Gasteiger charge is -2.15. The molecule has 0 spiro atoms. The Labute approximate surface area is 111 Å². The summed E-state index contributed by atoms with van der Waals surface area (Å²) >= 11 is 0. The summed E-state index contributed by atoms with van der Waals surface area (Å²) in [6.45, 7) is 2.70. The van der Waals surface area contributed by atoms with E-state index in [1.165, 1.54) is 13.8 Å². The smallest absolute Gasteiger partial charge is 0.332 e. The third-order valence-electron chi connectivity index (χ3n) is 2.47. The summed E-state index contributed by atoms with van der Waals surface area (Å²) in [4.78, 5) is 11.0. The monoisotopic (exact) mass is 316 g/mol. The van der Waals surface area contributed by atoms with Crippen LogP contribution in [0.1, 0.15) is 26.7 Å². The van der Waals surface area contributed by atoms with Crippen molar-refractivity contribution >= 4 is 26.2 Å². The molecule has 0 saturated carbocycles. The van der Waals surface area contributed by atoms with Crippen LogP contribution >= 0.6 is 0 Å². The molecule has 2 atom stereocenters. The molecule has 112 valence electrons. The molecule has 0 amide bonds. The Balaban J connectivity index is 5.88. The van der Waals surface area contributed by atoms with Crippen LogP contribution in [0.5, 0.6) is 0 Å². The molecule has 0 aliphatic rings. The zero-order valence-electron chi connectivity index (χ0n) is 10.3. The highest BCUT2D eigenvalue weighted by Gasteiger charge is 2.32. The molecule has 3 N–H and O–H groups in total. The van der Waals surface area contributed by atoms with Gasteiger partial charge in [-0.05, 0) is 12.8 Å². The van der Waals surface area contributed by atoms with E-state index in [0.717, 1.165) is 0 Å². The Kier molecular flexibility index (Phi) is 6.13. The largest absolute Gasteiger partial charge is 0.478 e. The van der Waals surface area contributed by atoms with Crippen molar-refractivity contribution in [1.29, 1.82) is 0 Å². The highest BCUT2D eigenvalue weighted by atomic mass is 32.2. The molecule has 0 saturated heterocycles. The number of rotatable bonds is 7. The Morgan fingerprint density at radius 2 is 1.53 bits per heavy atom. The van der Waals surface area contributed by atoms with Gasteiger partial charge in [0.1, 0.15) is 10.5 Å². The molecule has 0 rings (SSSR count). The van der Waals surface area contributed by atoms with Crippen molar-refractivity contribution in [3.05, 3.63) is 11.6 Å². The van der Waals surface area contributed by atoms with Gasteiger partial charge in [0.05, 0.1) is 5.57 Å². The van der Waals surface area contributed by atoms with E-state index in [2.05, 4.69) is 0 Å². The van der Waals surface area contributed by atoms with Gasteiger partial charge in [-0.25, -0.2) is 4.79 Å². The summed E-state index contributed by atoms with van der Waals surface area (Å²) < 4.78 is 61.9. The predicted molar refractivity (Wildman–Crippen MR) is 67.0 cm³/mol. The van der Waals surface area contributed by atoms with Crippen LogP contribution in [0.25, 0.3) is 0 Å². The van der Waals surface area contributed by atoms with Gasteiger partial charge in [0.25, 0.3) is 20.2 Å². The van der Waals surface area contributed by atoms with Gasteiger partial charge < -0.3 is 5.11 Å². The molecule has 19 heavy (non-hydrogen) atoms. The zero-order chi connectivity index (χ0) is 15.4. The topological polar surface area (TPSA) is 146 Å². The fourth-order valence-corrected chi connectivity index (χ4v) is 3.18. The first-order valence-corrected chi connectivity index (χ1v) is 8.33. The number of carbonyl (C=O) groups is 1. The minimum Gasteiger partial charge on any atom is -0.478 e. The molecular formula is C9H16O8S2. The average molecular weight is 316 g/mol. The number of hydrogen-bond acceptors (Lipinski definition) is 5. The molecule has 2 unspecified atom stereocenters. The third-order valence-corrected chi connectivity index (χ3v) is 5.02. The van der Waals surface area contributed by atoms with Crippen molar-refractivity contribution < 1.29 is 35.8 Å². The lowest BCUT2D eigenvalue weighted by atomic mass is 10.1. The average Bonchev–Trinajstić information content (AvgIpc) is 2.19. The van der Waals surface area contributed by atoms with E-state index in [-0.39, 0.29) is 12.8 Å². The molecule has 0 radical (unpaired) electrons. The number of carboxylic acids is 1. The molecule has 0 aliphatic heterocycles. The van der Waals surface area contributed by atoms with Gasteiger partial charge in [0.15, 0.2) is 0 Å². The molecule has 0 heterocycles. The summed E-state index contributed by atoms with van der Waals surface area (Å²) in [6.07, 6.45) is 0.246. The van der Waals surface area contributed by atoms with Crippen LogP contribution < -0.4 is 0 Å². The number of carboxylic acid groups (broad SMARTS) is 1. The summed E-state index contributed by atoms with van der Waals surface area (Å²) in [5, 5.41) is 5.63. The normalized spacial score (nSPS) is 16.9. The number of hydrogen-bond donors (Lipinski definition) is 3. The highest BCUT2D eigenvalue weighted by molar-refractivity contribution is 7.87. The van der Waals surface area contributed by atoms with Gasteiger partial charge in [-0.2, -0.15) is 16.8 Å². The van der Waals surface area contributed by atoms with Crippen molar-refractivity contribution in [3.8, 4) is 0 Å². The summed E-state index contributed by atoms with van der Waals surface area (Å²) in [6, 6.07) is 0. The summed E-state index contributed by atoms with van der Waals surface area (Å²) in [7, 11) is -9.23.